The van der Waals surface area contributed by atoms with E-state index >= 15 is 0 Å². The molecule has 29 heavy (non-hydrogen) atoms. The summed E-state index contributed by atoms with van der Waals surface area (Å²) in [6.07, 6.45) is 6.88. The smallest absolute Gasteiger partial charge is 0.224 e. The van der Waals surface area contributed by atoms with Crippen LogP contribution in [-0.2, 0) is 11.3 Å². The van der Waals surface area contributed by atoms with E-state index < -0.39 is 0 Å². The maximum absolute atomic E-state index is 12.5. The number of nitrogens with zero attached hydrogens (tertiary/aromatic N) is 2. The molecule has 0 spiro atoms. The first-order valence-corrected chi connectivity index (χ1v) is 10.1. The van der Waals surface area contributed by atoms with Crippen LogP contribution < -0.4 is 10.6 Å². The first-order valence-electron chi connectivity index (χ1n) is 10.1. The van der Waals surface area contributed by atoms with Crippen LogP contribution in [0.2, 0.25) is 0 Å². The summed E-state index contributed by atoms with van der Waals surface area (Å²) in [5.74, 6) is 2.58. The molecular weight excluding hydrogens is 407 g/mol. The molecule has 2 N–H and O–H groups in total. The second-order valence-electron chi connectivity index (χ2n) is 8.10. The summed E-state index contributed by atoms with van der Waals surface area (Å²) in [5.41, 5.74) is 2.04. The van der Waals surface area contributed by atoms with Gasteiger partial charge in [0.2, 0.25) is 5.91 Å². The predicted octanol–water partition coefficient (Wildman–Crippen LogP) is 4.86. The Morgan fingerprint density at radius 3 is 2.79 bits per heavy atom. The van der Waals surface area contributed by atoms with Gasteiger partial charge < -0.3 is 15.2 Å². The van der Waals surface area contributed by atoms with Gasteiger partial charge in [0.1, 0.15) is 5.82 Å². The van der Waals surface area contributed by atoms with Gasteiger partial charge in [-0.2, -0.15) is 0 Å². The molecule has 1 amide bonds. The highest BCUT2D eigenvalue weighted by molar-refractivity contribution is 5.90. The molecule has 1 saturated heterocycles. The number of carbonyl (C=O) groups excluding carboxylic acids is 1. The molecule has 0 radical (unpaired) electrons. The van der Waals surface area contributed by atoms with Crippen LogP contribution in [0.1, 0.15) is 57.3 Å². The molecule has 3 rings (SSSR count). The number of halogens is 2. The van der Waals surface area contributed by atoms with Gasteiger partial charge in [0.05, 0.1) is 0 Å². The average molecular weight is 441 g/mol. The van der Waals surface area contributed by atoms with Gasteiger partial charge in [-0.25, -0.2) is 4.98 Å². The molecular formula is C22H34Cl2N4O. The van der Waals surface area contributed by atoms with E-state index in [0.29, 0.717) is 24.2 Å². The van der Waals surface area contributed by atoms with E-state index in [1.54, 1.807) is 0 Å². The van der Waals surface area contributed by atoms with Crippen LogP contribution in [-0.4, -0.2) is 28.5 Å². The van der Waals surface area contributed by atoms with Crippen LogP contribution in [0.5, 0.6) is 0 Å². The Kier molecular flexibility index (Phi) is 10.7. The predicted molar refractivity (Wildman–Crippen MR) is 124 cm³/mol. The molecule has 1 aromatic carbocycles. The zero-order valence-electron chi connectivity index (χ0n) is 17.6. The molecule has 162 valence electrons. The molecule has 0 aliphatic carbocycles. The summed E-state index contributed by atoms with van der Waals surface area (Å²) in [4.78, 5) is 16.9. The number of rotatable bonds is 7. The Morgan fingerprint density at radius 2 is 2.10 bits per heavy atom. The summed E-state index contributed by atoms with van der Waals surface area (Å²) in [6, 6.07) is 8.13. The van der Waals surface area contributed by atoms with E-state index in [0.717, 1.165) is 36.7 Å². The fourth-order valence-corrected chi connectivity index (χ4v) is 3.93. The standard InChI is InChI=1S/C22H32N4O.2ClH/c1-16(2)22-24-10-11-26(22)15-18-6-4-8-20(13-18)25-21(27)12-17(3)19-7-5-9-23-14-19;;/h4,6,8,10-11,13,16-17,19,23H,5,7,9,12,14-15H2,1-3H3,(H,25,27);2*1H. The van der Waals surface area contributed by atoms with Crippen LogP contribution >= 0.6 is 24.8 Å². The van der Waals surface area contributed by atoms with Gasteiger partial charge in [-0.1, -0.05) is 32.9 Å². The Bertz CT molecular complexity index is 757. The quantitative estimate of drug-likeness (QED) is 0.645. The highest BCUT2D eigenvalue weighted by atomic mass is 35.5. The van der Waals surface area contributed by atoms with Gasteiger partial charge in [0.15, 0.2) is 0 Å². The lowest BCUT2D eigenvalue weighted by Gasteiger charge is -2.28. The molecule has 2 heterocycles. The molecule has 1 aliphatic rings. The molecule has 1 aliphatic heterocycles. The summed E-state index contributed by atoms with van der Waals surface area (Å²) >= 11 is 0. The van der Waals surface area contributed by atoms with E-state index in [2.05, 4.69) is 53.1 Å². The molecule has 0 saturated carbocycles. The van der Waals surface area contributed by atoms with Crippen molar-refractivity contribution in [2.45, 2.75) is 52.5 Å². The minimum atomic E-state index is 0. The number of carbonyl (C=O) groups is 1. The van der Waals surface area contributed by atoms with Crippen molar-refractivity contribution in [1.82, 2.24) is 14.9 Å². The van der Waals surface area contributed by atoms with Crippen LogP contribution in [0, 0.1) is 11.8 Å². The molecule has 2 unspecified atom stereocenters. The Hall–Kier alpha value is -1.56. The first kappa shape index (κ1) is 25.5. The lowest BCUT2D eigenvalue weighted by Crippen LogP contribution is -2.34. The number of imidazole rings is 1. The van der Waals surface area contributed by atoms with Crippen molar-refractivity contribution in [1.29, 1.82) is 0 Å². The second kappa shape index (κ2) is 12.2. The van der Waals surface area contributed by atoms with Crippen molar-refractivity contribution in [2.24, 2.45) is 11.8 Å². The largest absolute Gasteiger partial charge is 0.330 e. The normalized spacial score (nSPS) is 17.2. The second-order valence-corrected chi connectivity index (χ2v) is 8.10. The minimum absolute atomic E-state index is 0. The van der Waals surface area contributed by atoms with Crippen molar-refractivity contribution in [3.63, 3.8) is 0 Å². The summed E-state index contributed by atoms with van der Waals surface area (Å²) < 4.78 is 2.17. The third-order valence-electron chi connectivity index (χ3n) is 5.47. The van der Waals surface area contributed by atoms with Crippen LogP contribution in [0.15, 0.2) is 36.7 Å². The van der Waals surface area contributed by atoms with Crippen LogP contribution in [0.25, 0.3) is 0 Å². The highest BCUT2D eigenvalue weighted by Gasteiger charge is 2.22. The third-order valence-corrected chi connectivity index (χ3v) is 5.47. The van der Waals surface area contributed by atoms with Gasteiger partial charge in [0.25, 0.3) is 0 Å². The van der Waals surface area contributed by atoms with Gasteiger partial charge in [-0.15, -0.1) is 24.8 Å². The maximum Gasteiger partial charge on any atom is 0.224 e. The molecule has 5 nitrogen and oxygen atoms in total. The van der Waals surface area contributed by atoms with Crippen molar-refractivity contribution in [3.8, 4) is 0 Å². The zero-order valence-corrected chi connectivity index (χ0v) is 19.2. The zero-order chi connectivity index (χ0) is 19.2. The average Bonchev–Trinajstić information content (AvgIpc) is 3.11. The topological polar surface area (TPSA) is 59.0 Å². The SMILES string of the molecule is CC(C)c1nccn1Cc1cccc(NC(=O)CC(C)C2CCCNC2)c1.Cl.Cl. The van der Waals surface area contributed by atoms with Crippen molar-refractivity contribution >= 4 is 36.4 Å². The van der Waals surface area contributed by atoms with Gasteiger partial charge >= 0.3 is 0 Å². The van der Waals surface area contributed by atoms with Crippen molar-refractivity contribution in [2.75, 3.05) is 18.4 Å². The Morgan fingerprint density at radius 1 is 1.31 bits per heavy atom. The van der Waals surface area contributed by atoms with Gasteiger partial charge in [-0.05, 0) is 55.5 Å². The van der Waals surface area contributed by atoms with E-state index in [1.165, 1.54) is 12.8 Å². The van der Waals surface area contributed by atoms with Crippen molar-refractivity contribution < 1.29 is 4.79 Å². The van der Waals surface area contributed by atoms with E-state index in [4.69, 9.17) is 0 Å². The summed E-state index contributed by atoms with van der Waals surface area (Å²) in [6.45, 7) is 9.41. The monoisotopic (exact) mass is 440 g/mol. The Labute approximate surface area is 186 Å². The number of amides is 1. The number of hydrogen-bond acceptors (Lipinski definition) is 3. The molecule has 2 aromatic rings. The Balaban J connectivity index is 0.00000210. The minimum Gasteiger partial charge on any atom is -0.330 e. The number of nitrogens with one attached hydrogen (secondary N) is 2. The van der Waals surface area contributed by atoms with Crippen LogP contribution in [0.3, 0.4) is 0 Å². The fraction of sp³-hybridized carbons (Fsp3) is 0.545. The lowest BCUT2D eigenvalue weighted by molar-refractivity contribution is -0.117. The fourth-order valence-electron chi connectivity index (χ4n) is 3.93. The maximum atomic E-state index is 12.5. The number of piperidine rings is 1. The third kappa shape index (κ3) is 7.32. The first-order chi connectivity index (χ1) is 13.0. The summed E-state index contributed by atoms with van der Waals surface area (Å²) in [7, 11) is 0. The molecule has 7 heteroatoms. The molecule has 2 atom stereocenters. The van der Waals surface area contributed by atoms with Gasteiger partial charge in [0, 0.05) is 37.0 Å². The van der Waals surface area contributed by atoms with E-state index in [1.807, 2.05) is 24.5 Å². The van der Waals surface area contributed by atoms with Gasteiger partial charge in [-0.3, -0.25) is 4.79 Å². The van der Waals surface area contributed by atoms with Crippen molar-refractivity contribution in [3.05, 3.63) is 48.0 Å². The lowest BCUT2D eigenvalue weighted by atomic mass is 9.85. The number of aromatic nitrogens is 2. The highest BCUT2D eigenvalue weighted by Crippen LogP contribution is 2.23. The van der Waals surface area contributed by atoms with E-state index in [9.17, 15) is 4.79 Å². The molecule has 0 bridgehead atoms. The number of anilines is 1. The van der Waals surface area contributed by atoms with E-state index in [-0.39, 0.29) is 30.7 Å². The molecule has 1 aromatic heterocycles. The number of benzene rings is 1. The van der Waals surface area contributed by atoms with Crippen LogP contribution in [0.4, 0.5) is 5.69 Å². The summed E-state index contributed by atoms with van der Waals surface area (Å²) in [5, 5.41) is 6.53. The number of hydrogen-bond donors (Lipinski definition) is 2. The molecule has 1 fully saturated rings.